The molecule has 0 aromatic carbocycles. The Kier molecular flexibility index (Phi) is 5.14. The average Bonchev–Trinajstić information content (AvgIpc) is 3.26. The molecule has 2 aromatic heterocycles. The van der Waals surface area contributed by atoms with E-state index in [1.807, 2.05) is 0 Å². The van der Waals surface area contributed by atoms with Crippen LogP contribution in [0.3, 0.4) is 0 Å². The molecular formula is C14H20N6O3S. The molecule has 2 aromatic rings. The van der Waals surface area contributed by atoms with Gasteiger partial charge in [-0.2, -0.15) is 5.10 Å². The number of hydrogen-bond donors (Lipinski definition) is 0. The van der Waals surface area contributed by atoms with E-state index in [0.29, 0.717) is 5.88 Å². The highest BCUT2D eigenvalue weighted by Gasteiger charge is 2.22. The van der Waals surface area contributed by atoms with Gasteiger partial charge >= 0.3 is 5.69 Å². The van der Waals surface area contributed by atoms with E-state index in [2.05, 4.69) is 33.7 Å². The summed E-state index contributed by atoms with van der Waals surface area (Å²) in [6.45, 7) is 5.72. The summed E-state index contributed by atoms with van der Waals surface area (Å²) in [7, 11) is 0. The van der Waals surface area contributed by atoms with Gasteiger partial charge in [0, 0.05) is 12.5 Å². The Balaban J connectivity index is 1.72. The molecule has 1 unspecified atom stereocenters. The van der Waals surface area contributed by atoms with E-state index in [4.69, 9.17) is 4.74 Å². The zero-order chi connectivity index (χ0) is 17.1. The standard InChI is InChI=1S/C14H20N6O3S/c1-10(2)13-16-17-14(19(13)8-12-4-3-5-23-12)24-9-18-7-11(6-15-18)20(21)22/h6-7,10,12H,3-5,8-9H2,1-2H3. The number of rotatable bonds is 7. The van der Waals surface area contributed by atoms with E-state index >= 15 is 0 Å². The molecule has 0 amide bonds. The molecule has 0 radical (unpaired) electrons. The van der Waals surface area contributed by atoms with Gasteiger partial charge in [0.05, 0.1) is 23.4 Å². The largest absolute Gasteiger partial charge is 0.376 e. The maximum Gasteiger partial charge on any atom is 0.307 e. The molecular weight excluding hydrogens is 332 g/mol. The van der Waals surface area contributed by atoms with Crippen molar-refractivity contribution in [2.45, 2.75) is 56.3 Å². The summed E-state index contributed by atoms with van der Waals surface area (Å²) in [4.78, 5) is 10.3. The lowest BCUT2D eigenvalue weighted by Gasteiger charge is -2.15. The highest BCUT2D eigenvalue weighted by molar-refractivity contribution is 7.98. The van der Waals surface area contributed by atoms with Gasteiger partial charge in [-0.1, -0.05) is 25.6 Å². The van der Waals surface area contributed by atoms with Crippen LogP contribution >= 0.6 is 11.8 Å². The number of aromatic nitrogens is 5. The molecule has 0 N–H and O–H groups in total. The second kappa shape index (κ2) is 7.31. The highest BCUT2D eigenvalue weighted by Crippen LogP contribution is 2.25. The molecule has 3 rings (SSSR count). The third-order valence-electron chi connectivity index (χ3n) is 3.83. The van der Waals surface area contributed by atoms with Crippen molar-refractivity contribution in [3.05, 3.63) is 28.3 Å². The lowest BCUT2D eigenvalue weighted by Crippen LogP contribution is -2.18. The zero-order valence-electron chi connectivity index (χ0n) is 13.7. The molecule has 9 nitrogen and oxygen atoms in total. The van der Waals surface area contributed by atoms with Crippen molar-refractivity contribution in [1.82, 2.24) is 24.5 Å². The summed E-state index contributed by atoms with van der Waals surface area (Å²) in [6, 6.07) is 0. The van der Waals surface area contributed by atoms with Crippen molar-refractivity contribution in [3.63, 3.8) is 0 Å². The van der Waals surface area contributed by atoms with Crippen LogP contribution in [0.4, 0.5) is 5.69 Å². The van der Waals surface area contributed by atoms with E-state index in [9.17, 15) is 10.1 Å². The summed E-state index contributed by atoms with van der Waals surface area (Å²) >= 11 is 1.46. The van der Waals surface area contributed by atoms with Crippen molar-refractivity contribution in [2.75, 3.05) is 6.61 Å². The summed E-state index contributed by atoms with van der Waals surface area (Å²) in [5, 5.41) is 24.1. The predicted molar refractivity (Wildman–Crippen MR) is 87.8 cm³/mol. The third kappa shape index (κ3) is 3.75. The van der Waals surface area contributed by atoms with Gasteiger partial charge in [-0.05, 0) is 12.8 Å². The first kappa shape index (κ1) is 16.9. The van der Waals surface area contributed by atoms with Crippen LogP contribution in [0.25, 0.3) is 0 Å². The van der Waals surface area contributed by atoms with Crippen LogP contribution in [0.15, 0.2) is 17.6 Å². The van der Waals surface area contributed by atoms with Crippen molar-refractivity contribution < 1.29 is 9.66 Å². The van der Waals surface area contributed by atoms with Gasteiger partial charge in [-0.15, -0.1) is 10.2 Å². The molecule has 3 heterocycles. The van der Waals surface area contributed by atoms with Crippen molar-refractivity contribution in [3.8, 4) is 0 Å². The number of nitrogens with zero attached hydrogens (tertiary/aromatic N) is 6. The van der Waals surface area contributed by atoms with Crippen molar-refractivity contribution in [1.29, 1.82) is 0 Å². The first-order chi connectivity index (χ1) is 11.5. The minimum Gasteiger partial charge on any atom is -0.376 e. The topological polar surface area (TPSA) is 101 Å². The molecule has 1 saturated heterocycles. The van der Waals surface area contributed by atoms with Gasteiger partial charge in [0.25, 0.3) is 0 Å². The number of ether oxygens (including phenoxy) is 1. The Morgan fingerprint density at radius 2 is 2.33 bits per heavy atom. The molecule has 10 heteroatoms. The van der Waals surface area contributed by atoms with E-state index in [1.54, 1.807) is 0 Å². The van der Waals surface area contributed by atoms with Gasteiger partial charge in [0.15, 0.2) is 5.16 Å². The molecule has 1 aliphatic heterocycles. The van der Waals surface area contributed by atoms with Gasteiger partial charge in [0.2, 0.25) is 0 Å². The predicted octanol–water partition coefficient (Wildman–Crippen LogP) is 2.44. The molecule has 1 fully saturated rings. The van der Waals surface area contributed by atoms with Crippen molar-refractivity contribution in [2.24, 2.45) is 0 Å². The van der Waals surface area contributed by atoms with Gasteiger partial charge < -0.3 is 9.30 Å². The Morgan fingerprint density at radius 1 is 1.50 bits per heavy atom. The van der Waals surface area contributed by atoms with Gasteiger partial charge in [-0.3, -0.25) is 14.8 Å². The van der Waals surface area contributed by atoms with Crippen LogP contribution in [-0.4, -0.2) is 42.2 Å². The monoisotopic (exact) mass is 352 g/mol. The molecule has 130 valence electrons. The molecule has 1 aliphatic rings. The molecule has 1 atom stereocenters. The Bertz CT molecular complexity index is 707. The molecule has 24 heavy (non-hydrogen) atoms. The molecule has 0 spiro atoms. The highest BCUT2D eigenvalue weighted by atomic mass is 32.2. The Morgan fingerprint density at radius 3 is 2.96 bits per heavy atom. The Hall–Kier alpha value is -1.94. The van der Waals surface area contributed by atoms with Crippen LogP contribution in [0, 0.1) is 10.1 Å². The van der Waals surface area contributed by atoms with Crippen LogP contribution < -0.4 is 0 Å². The second-order valence-corrected chi connectivity index (χ2v) is 6.92. The fraction of sp³-hybridized carbons (Fsp3) is 0.643. The van der Waals surface area contributed by atoms with E-state index in [1.165, 1.54) is 28.8 Å². The number of thioether (sulfide) groups is 1. The van der Waals surface area contributed by atoms with E-state index in [-0.39, 0.29) is 17.7 Å². The average molecular weight is 352 g/mol. The normalized spacial score (nSPS) is 17.7. The first-order valence-electron chi connectivity index (χ1n) is 7.89. The molecule has 0 saturated carbocycles. The van der Waals surface area contributed by atoms with Gasteiger partial charge in [-0.25, -0.2) is 0 Å². The summed E-state index contributed by atoms with van der Waals surface area (Å²) < 4.78 is 9.36. The summed E-state index contributed by atoms with van der Waals surface area (Å²) in [6.07, 6.45) is 4.99. The fourth-order valence-electron chi connectivity index (χ4n) is 2.64. The maximum absolute atomic E-state index is 10.7. The lowest BCUT2D eigenvalue weighted by atomic mass is 10.2. The number of nitro groups is 1. The summed E-state index contributed by atoms with van der Waals surface area (Å²) in [5.74, 6) is 1.63. The third-order valence-corrected chi connectivity index (χ3v) is 4.78. The quantitative estimate of drug-likeness (QED) is 0.428. The van der Waals surface area contributed by atoms with Crippen LogP contribution in [-0.2, 0) is 17.2 Å². The summed E-state index contributed by atoms with van der Waals surface area (Å²) in [5.41, 5.74) is -0.0145. The van der Waals surface area contributed by atoms with Crippen LogP contribution in [0.5, 0.6) is 0 Å². The van der Waals surface area contributed by atoms with Gasteiger partial charge in [0.1, 0.15) is 18.2 Å². The molecule has 0 aliphatic carbocycles. The maximum atomic E-state index is 10.7. The van der Waals surface area contributed by atoms with Crippen molar-refractivity contribution >= 4 is 17.4 Å². The smallest absolute Gasteiger partial charge is 0.307 e. The van der Waals surface area contributed by atoms with Crippen LogP contribution in [0.1, 0.15) is 38.4 Å². The van der Waals surface area contributed by atoms with E-state index in [0.717, 1.165) is 37.0 Å². The first-order valence-corrected chi connectivity index (χ1v) is 8.87. The molecule has 0 bridgehead atoms. The fourth-order valence-corrected chi connectivity index (χ4v) is 3.45. The minimum absolute atomic E-state index is 0.0145. The van der Waals surface area contributed by atoms with E-state index < -0.39 is 4.92 Å². The second-order valence-electron chi connectivity index (χ2n) is 6.01. The minimum atomic E-state index is -0.453. The SMILES string of the molecule is CC(C)c1nnc(SCn2cc([N+](=O)[O-])cn2)n1CC1CCCO1. The van der Waals surface area contributed by atoms with Crippen LogP contribution in [0.2, 0.25) is 0 Å². The lowest BCUT2D eigenvalue weighted by molar-refractivity contribution is -0.385. The number of hydrogen-bond acceptors (Lipinski definition) is 7. The Labute approximate surface area is 143 Å². The zero-order valence-corrected chi connectivity index (χ0v) is 14.5.